The molecule has 0 unspecified atom stereocenters. The van der Waals surface area contributed by atoms with Gasteiger partial charge in [-0.2, -0.15) is 0 Å². The average molecular weight is 223 g/mol. The van der Waals surface area contributed by atoms with E-state index < -0.39 is 0 Å². The van der Waals surface area contributed by atoms with Gasteiger partial charge < -0.3 is 5.32 Å². The first-order valence-electron chi connectivity index (χ1n) is 7.62. The monoisotopic (exact) mass is 223 g/mol. The largest absolute Gasteiger partial charge is 0.311 e. The highest BCUT2D eigenvalue weighted by atomic mass is 14.9. The lowest BCUT2D eigenvalue weighted by Gasteiger charge is -2.31. The summed E-state index contributed by atoms with van der Waals surface area (Å²) in [7, 11) is 0. The molecule has 0 aliphatic heterocycles. The van der Waals surface area contributed by atoms with Gasteiger partial charge in [-0.25, -0.2) is 0 Å². The van der Waals surface area contributed by atoms with Crippen LogP contribution in [0.1, 0.15) is 77.6 Å². The molecule has 0 saturated heterocycles. The zero-order chi connectivity index (χ0) is 11.2. The van der Waals surface area contributed by atoms with Crippen LogP contribution in [0.5, 0.6) is 0 Å². The van der Waals surface area contributed by atoms with E-state index in [2.05, 4.69) is 12.2 Å². The summed E-state index contributed by atoms with van der Waals surface area (Å²) >= 11 is 0. The second-order valence-electron chi connectivity index (χ2n) is 6.04. The van der Waals surface area contributed by atoms with Gasteiger partial charge in [0.25, 0.3) is 0 Å². The summed E-state index contributed by atoms with van der Waals surface area (Å²) in [4.78, 5) is 0. The van der Waals surface area contributed by atoms with Crippen LogP contribution in [0.2, 0.25) is 0 Å². The molecule has 2 aliphatic rings. The van der Waals surface area contributed by atoms with Crippen molar-refractivity contribution in [2.75, 3.05) is 0 Å². The fourth-order valence-electron chi connectivity index (χ4n) is 3.59. The van der Waals surface area contributed by atoms with Gasteiger partial charge in [0, 0.05) is 12.1 Å². The maximum Gasteiger partial charge on any atom is 0.00696 e. The number of hydrogen-bond donors (Lipinski definition) is 1. The van der Waals surface area contributed by atoms with Gasteiger partial charge in [0.2, 0.25) is 0 Å². The Balaban J connectivity index is 1.73. The van der Waals surface area contributed by atoms with E-state index in [1.54, 1.807) is 0 Å². The predicted octanol–water partition coefficient (Wildman–Crippen LogP) is 4.27. The molecular formula is C15H29N. The quantitative estimate of drug-likeness (QED) is 0.705. The molecule has 0 aromatic rings. The first-order chi connectivity index (χ1) is 7.86. The van der Waals surface area contributed by atoms with Crippen LogP contribution in [0.25, 0.3) is 0 Å². The highest BCUT2D eigenvalue weighted by molar-refractivity contribution is 4.80. The van der Waals surface area contributed by atoms with Crippen molar-refractivity contribution in [3.8, 4) is 0 Å². The first kappa shape index (κ1) is 12.4. The molecule has 2 fully saturated rings. The Bertz CT molecular complexity index is 176. The van der Waals surface area contributed by atoms with Gasteiger partial charge in [0.15, 0.2) is 0 Å². The van der Waals surface area contributed by atoms with Crippen molar-refractivity contribution in [3.05, 3.63) is 0 Å². The third-order valence-electron chi connectivity index (χ3n) is 4.71. The number of nitrogens with one attached hydrogen (secondary N) is 1. The Morgan fingerprint density at radius 1 is 0.750 bits per heavy atom. The summed E-state index contributed by atoms with van der Waals surface area (Å²) in [6.07, 6.45) is 16.1. The van der Waals surface area contributed by atoms with Gasteiger partial charge in [0.05, 0.1) is 0 Å². The summed E-state index contributed by atoms with van der Waals surface area (Å²) in [6, 6.07) is 1.60. The van der Waals surface area contributed by atoms with Gasteiger partial charge in [-0.05, 0) is 38.5 Å². The first-order valence-corrected chi connectivity index (χ1v) is 7.62. The Kier molecular flexibility index (Phi) is 5.15. The summed E-state index contributed by atoms with van der Waals surface area (Å²) in [5, 5.41) is 3.93. The van der Waals surface area contributed by atoms with E-state index in [1.807, 2.05) is 0 Å². The lowest BCUT2D eigenvalue weighted by molar-refractivity contribution is 0.256. The van der Waals surface area contributed by atoms with E-state index in [1.165, 1.54) is 70.6 Å². The highest BCUT2D eigenvalue weighted by Gasteiger charge is 2.22. The molecular weight excluding hydrogens is 194 g/mol. The van der Waals surface area contributed by atoms with E-state index in [4.69, 9.17) is 0 Å². The maximum atomic E-state index is 3.93. The van der Waals surface area contributed by atoms with Gasteiger partial charge in [-0.15, -0.1) is 0 Å². The minimum absolute atomic E-state index is 0.767. The maximum absolute atomic E-state index is 3.93. The van der Waals surface area contributed by atoms with Gasteiger partial charge >= 0.3 is 0 Å². The molecule has 2 aliphatic carbocycles. The van der Waals surface area contributed by atoms with Crippen LogP contribution in [0.15, 0.2) is 0 Å². The Labute approximate surface area is 101 Å². The van der Waals surface area contributed by atoms with Crippen molar-refractivity contribution >= 4 is 0 Å². The molecule has 0 radical (unpaired) electrons. The molecule has 0 heterocycles. The highest BCUT2D eigenvalue weighted by Crippen LogP contribution is 2.27. The average Bonchev–Trinajstić information content (AvgIpc) is 2.59. The van der Waals surface area contributed by atoms with Gasteiger partial charge in [-0.3, -0.25) is 0 Å². The summed E-state index contributed by atoms with van der Waals surface area (Å²) < 4.78 is 0. The van der Waals surface area contributed by atoms with Crippen LogP contribution in [0.4, 0.5) is 0 Å². The molecule has 0 bridgehead atoms. The normalized spacial score (nSPS) is 27.6. The van der Waals surface area contributed by atoms with Crippen molar-refractivity contribution in [2.45, 2.75) is 89.6 Å². The second-order valence-corrected chi connectivity index (χ2v) is 6.04. The van der Waals surface area contributed by atoms with Crippen LogP contribution in [-0.2, 0) is 0 Å². The molecule has 1 heteroatoms. The van der Waals surface area contributed by atoms with E-state index >= 15 is 0 Å². The zero-order valence-electron chi connectivity index (χ0n) is 11.0. The topological polar surface area (TPSA) is 12.0 Å². The summed E-state index contributed by atoms with van der Waals surface area (Å²) in [6.45, 7) is 2.43. The van der Waals surface area contributed by atoms with Crippen molar-refractivity contribution in [1.82, 2.24) is 5.32 Å². The van der Waals surface area contributed by atoms with E-state index in [0.717, 1.165) is 18.0 Å². The van der Waals surface area contributed by atoms with Gasteiger partial charge in [-0.1, -0.05) is 44.9 Å². The lowest BCUT2D eigenvalue weighted by Crippen LogP contribution is -2.41. The molecule has 0 amide bonds. The Morgan fingerprint density at radius 2 is 1.25 bits per heavy atom. The van der Waals surface area contributed by atoms with Crippen molar-refractivity contribution < 1.29 is 0 Å². The Morgan fingerprint density at radius 3 is 1.88 bits per heavy atom. The third-order valence-corrected chi connectivity index (χ3v) is 4.71. The number of rotatable bonds is 3. The molecule has 2 saturated carbocycles. The zero-order valence-corrected chi connectivity index (χ0v) is 11.0. The standard InChI is InChI=1S/C15H29N/c1-13(14-9-5-4-6-10-14)16-15-11-7-2-3-8-12-15/h13-16H,2-12H2,1H3/t13-/m1/s1. The van der Waals surface area contributed by atoms with Crippen LogP contribution >= 0.6 is 0 Å². The van der Waals surface area contributed by atoms with Gasteiger partial charge in [0.1, 0.15) is 0 Å². The van der Waals surface area contributed by atoms with Crippen LogP contribution < -0.4 is 5.32 Å². The van der Waals surface area contributed by atoms with Crippen molar-refractivity contribution in [2.24, 2.45) is 5.92 Å². The number of hydrogen-bond acceptors (Lipinski definition) is 1. The van der Waals surface area contributed by atoms with Crippen molar-refractivity contribution in [3.63, 3.8) is 0 Å². The Hall–Kier alpha value is -0.0400. The minimum atomic E-state index is 0.767. The second kappa shape index (κ2) is 6.64. The summed E-state index contributed by atoms with van der Waals surface area (Å²) in [5.74, 6) is 0.969. The molecule has 1 atom stereocenters. The fourth-order valence-corrected chi connectivity index (χ4v) is 3.59. The summed E-state index contributed by atoms with van der Waals surface area (Å²) in [5.41, 5.74) is 0. The molecule has 0 aromatic heterocycles. The van der Waals surface area contributed by atoms with E-state index in [-0.39, 0.29) is 0 Å². The van der Waals surface area contributed by atoms with Crippen LogP contribution in [0.3, 0.4) is 0 Å². The molecule has 0 spiro atoms. The van der Waals surface area contributed by atoms with E-state index in [0.29, 0.717) is 0 Å². The molecule has 94 valence electrons. The molecule has 2 rings (SSSR count). The van der Waals surface area contributed by atoms with E-state index in [9.17, 15) is 0 Å². The predicted molar refractivity (Wildman–Crippen MR) is 70.7 cm³/mol. The SMILES string of the molecule is C[C@@H](NC1CCCCCC1)C1CCCCC1. The fraction of sp³-hybridized carbons (Fsp3) is 1.00. The van der Waals surface area contributed by atoms with Crippen LogP contribution in [-0.4, -0.2) is 12.1 Å². The molecule has 0 aromatic carbocycles. The minimum Gasteiger partial charge on any atom is -0.311 e. The van der Waals surface area contributed by atoms with Crippen molar-refractivity contribution in [1.29, 1.82) is 0 Å². The van der Waals surface area contributed by atoms with Crippen LogP contribution in [0, 0.1) is 5.92 Å². The molecule has 16 heavy (non-hydrogen) atoms. The molecule has 1 nitrogen and oxygen atoms in total. The lowest BCUT2D eigenvalue weighted by atomic mass is 9.84. The smallest absolute Gasteiger partial charge is 0.00696 e. The molecule has 1 N–H and O–H groups in total. The third kappa shape index (κ3) is 3.76.